The van der Waals surface area contributed by atoms with E-state index in [1.165, 1.54) is 180 Å². The maximum atomic E-state index is 12.9. The molecule has 0 aliphatic rings. The van der Waals surface area contributed by atoms with Gasteiger partial charge in [0.1, 0.15) is 13.2 Å². The molecule has 1 unspecified atom stereocenters. The molecule has 0 N–H and O–H groups in total. The molecule has 1 atom stereocenters. The van der Waals surface area contributed by atoms with Crippen molar-refractivity contribution >= 4 is 17.9 Å². The highest BCUT2D eigenvalue weighted by atomic mass is 16.6. The van der Waals surface area contributed by atoms with Gasteiger partial charge in [-0.05, 0) is 89.9 Å². The van der Waals surface area contributed by atoms with Crippen LogP contribution in [0.1, 0.15) is 323 Å². The van der Waals surface area contributed by atoms with Gasteiger partial charge in [0.05, 0.1) is 0 Å². The summed E-state index contributed by atoms with van der Waals surface area (Å²) in [6, 6.07) is 0. The molecule has 0 amide bonds. The van der Waals surface area contributed by atoms with Gasteiger partial charge in [-0.2, -0.15) is 0 Å². The number of unbranched alkanes of at least 4 members (excludes halogenated alkanes) is 35. The average molecular weight is 1030 g/mol. The van der Waals surface area contributed by atoms with Crippen molar-refractivity contribution in [1.82, 2.24) is 0 Å². The van der Waals surface area contributed by atoms with Gasteiger partial charge >= 0.3 is 17.9 Å². The van der Waals surface area contributed by atoms with E-state index in [4.69, 9.17) is 14.2 Å². The molecule has 0 aliphatic heterocycles. The van der Waals surface area contributed by atoms with Crippen molar-refractivity contribution in [2.45, 2.75) is 329 Å². The van der Waals surface area contributed by atoms with E-state index in [0.717, 1.165) is 103 Å². The quantitative estimate of drug-likeness (QED) is 0.0261. The Kier molecular flexibility index (Phi) is 59.7. The second kappa shape index (κ2) is 62.4. The van der Waals surface area contributed by atoms with Crippen molar-refractivity contribution in [1.29, 1.82) is 0 Å². The fourth-order valence-electron chi connectivity index (χ4n) is 9.17. The van der Waals surface area contributed by atoms with Crippen molar-refractivity contribution in [2.75, 3.05) is 13.2 Å². The van der Waals surface area contributed by atoms with Crippen LogP contribution in [0.25, 0.3) is 0 Å². The average Bonchev–Trinajstić information content (AvgIpc) is 3.40. The molecule has 0 heterocycles. The third-order valence-electron chi connectivity index (χ3n) is 13.9. The molecule has 74 heavy (non-hydrogen) atoms. The Hall–Kier alpha value is -3.15. The van der Waals surface area contributed by atoms with E-state index in [-0.39, 0.29) is 31.1 Å². The van der Waals surface area contributed by atoms with Gasteiger partial charge in [0.15, 0.2) is 6.10 Å². The Balaban J connectivity index is 4.39. The number of hydrogen-bond donors (Lipinski definition) is 0. The molecule has 0 saturated heterocycles. The van der Waals surface area contributed by atoms with Crippen LogP contribution >= 0.6 is 0 Å². The highest BCUT2D eigenvalue weighted by molar-refractivity contribution is 5.71. The zero-order valence-electron chi connectivity index (χ0n) is 49.1. The van der Waals surface area contributed by atoms with Gasteiger partial charge in [0, 0.05) is 19.3 Å². The van der Waals surface area contributed by atoms with E-state index in [9.17, 15) is 14.4 Å². The van der Waals surface area contributed by atoms with Crippen LogP contribution in [0.15, 0.2) is 72.9 Å². The fraction of sp³-hybridized carbons (Fsp3) is 0.779. The minimum absolute atomic E-state index is 0.0830. The number of esters is 3. The number of carbonyl (C=O) groups is 3. The molecule has 0 aromatic heterocycles. The van der Waals surface area contributed by atoms with Crippen molar-refractivity contribution in [3.05, 3.63) is 72.9 Å². The van der Waals surface area contributed by atoms with Crippen LogP contribution in [-0.2, 0) is 28.6 Å². The summed E-state index contributed by atoms with van der Waals surface area (Å²) < 4.78 is 16.9. The van der Waals surface area contributed by atoms with Gasteiger partial charge in [0.25, 0.3) is 0 Å². The predicted octanol–water partition coefficient (Wildman–Crippen LogP) is 21.7. The molecule has 0 aromatic rings. The molecule has 0 spiro atoms. The first-order chi connectivity index (χ1) is 36.5. The molecule has 0 fully saturated rings. The zero-order valence-corrected chi connectivity index (χ0v) is 49.1. The van der Waals surface area contributed by atoms with E-state index in [1.807, 2.05) is 0 Å². The second-order valence-corrected chi connectivity index (χ2v) is 21.3. The summed E-state index contributed by atoms with van der Waals surface area (Å²) in [6.45, 7) is 6.54. The first-order valence-corrected chi connectivity index (χ1v) is 31.9. The maximum Gasteiger partial charge on any atom is 0.306 e. The zero-order chi connectivity index (χ0) is 53.6. The summed E-state index contributed by atoms with van der Waals surface area (Å²) in [7, 11) is 0. The Morgan fingerprint density at radius 2 is 0.527 bits per heavy atom. The van der Waals surface area contributed by atoms with Crippen LogP contribution in [-0.4, -0.2) is 37.2 Å². The Labute approximate surface area is 459 Å². The van der Waals surface area contributed by atoms with Crippen LogP contribution in [0.2, 0.25) is 0 Å². The van der Waals surface area contributed by atoms with Gasteiger partial charge in [-0.3, -0.25) is 14.4 Å². The van der Waals surface area contributed by atoms with E-state index in [0.29, 0.717) is 19.3 Å². The molecule has 0 bridgehead atoms. The third-order valence-corrected chi connectivity index (χ3v) is 13.9. The lowest BCUT2D eigenvalue weighted by atomic mass is 10.0. The lowest BCUT2D eigenvalue weighted by Gasteiger charge is -2.18. The lowest BCUT2D eigenvalue weighted by Crippen LogP contribution is -2.30. The van der Waals surface area contributed by atoms with E-state index in [2.05, 4.69) is 93.7 Å². The van der Waals surface area contributed by atoms with Crippen molar-refractivity contribution in [3.8, 4) is 0 Å². The standard InChI is InChI=1S/C68H120O6/c1-4-7-10-13-16-19-22-25-28-31-33-34-35-38-40-43-46-49-52-55-58-61-67(70)73-64-65(63-72-66(69)60-57-54-51-48-45-42-39-36-30-27-24-21-18-15-12-9-6-3)74-68(71)62-59-56-53-50-47-44-41-37-32-29-26-23-20-17-14-11-8-5-2/h9,12,18,21-22,25,27,30-31,33,39,42,65H,4-8,10-11,13-17,19-20,23-24,26,28-29,32,34-38,40-41,43-64H2,1-3H3/b12-9-,21-18-,25-22-,30-27-,33-31-,42-39-. The number of carbonyl (C=O) groups excluding carboxylic acids is 3. The molecule has 0 saturated carbocycles. The Morgan fingerprint density at radius 3 is 0.824 bits per heavy atom. The smallest absolute Gasteiger partial charge is 0.306 e. The number of hydrogen-bond acceptors (Lipinski definition) is 6. The van der Waals surface area contributed by atoms with E-state index >= 15 is 0 Å². The lowest BCUT2D eigenvalue weighted by molar-refractivity contribution is -0.167. The summed E-state index contributed by atoms with van der Waals surface area (Å²) in [5.74, 6) is -0.894. The molecule has 6 nitrogen and oxygen atoms in total. The van der Waals surface area contributed by atoms with Crippen molar-refractivity contribution in [2.24, 2.45) is 0 Å². The van der Waals surface area contributed by atoms with Crippen LogP contribution < -0.4 is 0 Å². The normalized spacial score (nSPS) is 12.5. The molecule has 0 aromatic carbocycles. The van der Waals surface area contributed by atoms with Gasteiger partial charge < -0.3 is 14.2 Å². The van der Waals surface area contributed by atoms with Crippen molar-refractivity contribution < 1.29 is 28.6 Å². The second-order valence-electron chi connectivity index (χ2n) is 21.3. The highest BCUT2D eigenvalue weighted by Gasteiger charge is 2.19. The summed E-state index contributed by atoms with van der Waals surface area (Å²) in [5.41, 5.74) is 0. The van der Waals surface area contributed by atoms with E-state index in [1.54, 1.807) is 0 Å². The van der Waals surface area contributed by atoms with E-state index < -0.39 is 6.10 Å². The van der Waals surface area contributed by atoms with Crippen LogP contribution in [0.4, 0.5) is 0 Å². The molecule has 0 aliphatic carbocycles. The molecular weight excluding hydrogens is 913 g/mol. The fourth-order valence-corrected chi connectivity index (χ4v) is 9.17. The van der Waals surface area contributed by atoms with Crippen molar-refractivity contribution in [3.63, 3.8) is 0 Å². The van der Waals surface area contributed by atoms with Crippen LogP contribution in [0, 0.1) is 0 Å². The van der Waals surface area contributed by atoms with Crippen LogP contribution in [0.3, 0.4) is 0 Å². The summed E-state index contributed by atoms with van der Waals surface area (Å²) in [4.78, 5) is 38.3. The number of ether oxygens (including phenoxy) is 3. The van der Waals surface area contributed by atoms with Gasteiger partial charge in [-0.15, -0.1) is 0 Å². The number of allylic oxidation sites excluding steroid dienone is 12. The molecule has 0 rings (SSSR count). The topological polar surface area (TPSA) is 78.9 Å². The monoisotopic (exact) mass is 1030 g/mol. The summed E-state index contributed by atoms with van der Waals surface area (Å²) >= 11 is 0. The predicted molar refractivity (Wildman–Crippen MR) is 321 cm³/mol. The minimum atomic E-state index is -0.787. The molecule has 0 radical (unpaired) electrons. The van der Waals surface area contributed by atoms with Crippen LogP contribution in [0.5, 0.6) is 0 Å². The third kappa shape index (κ3) is 59.7. The first kappa shape index (κ1) is 70.8. The van der Waals surface area contributed by atoms with Gasteiger partial charge in [-0.25, -0.2) is 0 Å². The molecular formula is C68H120O6. The molecule has 428 valence electrons. The Bertz CT molecular complexity index is 1370. The summed E-state index contributed by atoms with van der Waals surface area (Å²) in [6.07, 6.45) is 80.4. The van der Waals surface area contributed by atoms with Gasteiger partial charge in [0.2, 0.25) is 0 Å². The Morgan fingerprint density at radius 1 is 0.284 bits per heavy atom. The number of rotatable bonds is 58. The maximum absolute atomic E-state index is 12.9. The summed E-state index contributed by atoms with van der Waals surface area (Å²) in [5, 5.41) is 0. The SMILES string of the molecule is CC/C=C\C/C=C\C/C=C\C/C=C\CCCCCCC(=O)OCC(COC(=O)CCCCCCCCCCC/C=C\C/C=C\CCCCCCC)OC(=O)CCCCCCCCCCCCCCCCCCCC. The minimum Gasteiger partial charge on any atom is -0.462 e. The largest absolute Gasteiger partial charge is 0.462 e. The molecule has 6 heteroatoms. The first-order valence-electron chi connectivity index (χ1n) is 31.9. The van der Waals surface area contributed by atoms with Gasteiger partial charge in [-0.1, -0.05) is 286 Å². The highest BCUT2D eigenvalue weighted by Crippen LogP contribution is 2.17.